The summed E-state index contributed by atoms with van der Waals surface area (Å²) in [6.07, 6.45) is 0.219. The zero-order valence-corrected chi connectivity index (χ0v) is 23.7. The summed E-state index contributed by atoms with van der Waals surface area (Å²) < 4.78 is 26.1. The fourth-order valence-electron chi connectivity index (χ4n) is 4.82. The van der Waals surface area contributed by atoms with E-state index in [1.54, 1.807) is 0 Å². The number of likely N-dealkylation sites (tertiary alicyclic amines) is 1. The van der Waals surface area contributed by atoms with Crippen LogP contribution in [-0.4, -0.2) is 52.5 Å². The molecule has 0 radical (unpaired) electrons. The van der Waals surface area contributed by atoms with Crippen molar-refractivity contribution in [1.82, 2.24) is 10.2 Å². The quantitative estimate of drug-likeness (QED) is 0.259. The lowest BCUT2D eigenvalue weighted by Crippen LogP contribution is -2.44. The second kappa shape index (κ2) is 14.6. The van der Waals surface area contributed by atoms with Crippen LogP contribution in [0.5, 0.6) is 0 Å². The maximum Gasteiger partial charge on any atom is 0.408 e. The maximum atomic E-state index is 14.7. The van der Waals surface area contributed by atoms with Gasteiger partial charge in [-0.05, 0) is 42.4 Å². The summed E-state index contributed by atoms with van der Waals surface area (Å²) in [6.45, 7) is 0.228. The number of benzene rings is 3. The molecular weight excluding hydrogens is 543 g/mol. The van der Waals surface area contributed by atoms with Crippen molar-refractivity contribution in [2.75, 3.05) is 12.7 Å². The first-order valence-corrected chi connectivity index (χ1v) is 15.5. The largest absolute Gasteiger partial charge is 0.480 e. The van der Waals surface area contributed by atoms with E-state index in [-0.39, 0.29) is 26.2 Å². The zero-order chi connectivity index (χ0) is 29.1. The number of nitrogens with one attached hydrogen (secondary N) is 1. The van der Waals surface area contributed by atoms with Gasteiger partial charge in [0.2, 0.25) is 13.3 Å². The number of nitrogens with zero attached hydrogens (tertiary/aromatic N) is 1. The summed E-state index contributed by atoms with van der Waals surface area (Å²) >= 11 is 0. The van der Waals surface area contributed by atoms with Gasteiger partial charge in [0.05, 0.1) is 6.61 Å². The number of hydrogen-bond donors (Lipinski definition) is 2. The van der Waals surface area contributed by atoms with Crippen molar-refractivity contribution in [2.45, 2.75) is 50.7 Å². The van der Waals surface area contributed by atoms with E-state index in [2.05, 4.69) is 5.32 Å². The van der Waals surface area contributed by atoms with Gasteiger partial charge in [-0.15, -0.1) is 0 Å². The molecule has 1 aliphatic heterocycles. The highest BCUT2D eigenvalue weighted by Gasteiger charge is 2.42. The number of aryl methyl sites for hydroxylation is 1. The molecule has 1 saturated heterocycles. The normalized spacial score (nSPS) is 16.9. The first-order valence-electron chi connectivity index (χ1n) is 13.6. The number of ether oxygens (including phenoxy) is 1. The van der Waals surface area contributed by atoms with Gasteiger partial charge >= 0.3 is 12.1 Å². The highest BCUT2D eigenvalue weighted by atomic mass is 31.2. The Morgan fingerprint density at radius 2 is 1.44 bits per heavy atom. The van der Waals surface area contributed by atoms with Crippen LogP contribution < -0.4 is 5.32 Å². The fraction of sp³-hybridized carbons (Fsp3) is 0.323. The molecule has 3 aromatic carbocycles. The Kier molecular flexibility index (Phi) is 10.7. The summed E-state index contributed by atoms with van der Waals surface area (Å²) in [7, 11) is -3.94. The van der Waals surface area contributed by atoms with Crippen LogP contribution >= 0.6 is 7.37 Å². The minimum Gasteiger partial charge on any atom is -0.480 e. The molecule has 0 aromatic heterocycles. The number of carboxylic acid groups (broad SMARTS) is 1. The third-order valence-electron chi connectivity index (χ3n) is 7.03. The molecule has 216 valence electrons. The number of aliphatic carboxylic acids is 1. The van der Waals surface area contributed by atoms with Crippen LogP contribution in [0.2, 0.25) is 0 Å². The van der Waals surface area contributed by atoms with Crippen LogP contribution in [0.15, 0.2) is 91.0 Å². The summed E-state index contributed by atoms with van der Waals surface area (Å²) in [5.41, 5.74) is 2.50. The minimum absolute atomic E-state index is 0.0141. The Labute approximate surface area is 239 Å². The van der Waals surface area contributed by atoms with Crippen LogP contribution in [0.3, 0.4) is 0 Å². The van der Waals surface area contributed by atoms with E-state index in [9.17, 15) is 24.1 Å². The number of carbonyl (C=O) groups is 3. The van der Waals surface area contributed by atoms with Crippen molar-refractivity contribution in [3.05, 3.63) is 108 Å². The van der Waals surface area contributed by atoms with Gasteiger partial charge in [-0.1, -0.05) is 91.0 Å². The van der Waals surface area contributed by atoms with Gasteiger partial charge in [-0.3, -0.25) is 9.36 Å². The number of rotatable bonds is 13. The van der Waals surface area contributed by atoms with Crippen molar-refractivity contribution in [3.8, 4) is 0 Å². The second-order valence-corrected chi connectivity index (χ2v) is 12.6. The molecule has 1 aliphatic rings. The van der Waals surface area contributed by atoms with Crippen LogP contribution in [-0.2, 0) is 43.0 Å². The molecule has 2 amide bonds. The molecule has 3 atom stereocenters. The average Bonchev–Trinajstić information content (AvgIpc) is 3.50. The molecule has 41 heavy (non-hydrogen) atoms. The first-order chi connectivity index (χ1) is 19.8. The average molecular weight is 579 g/mol. The van der Waals surface area contributed by atoms with Crippen molar-refractivity contribution in [3.63, 3.8) is 0 Å². The summed E-state index contributed by atoms with van der Waals surface area (Å²) in [5.74, 6) is -2.72. The van der Waals surface area contributed by atoms with Crippen LogP contribution in [0.25, 0.3) is 0 Å². The van der Waals surface area contributed by atoms with Crippen molar-refractivity contribution >= 4 is 25.3 Å². The smallest absolute Gasteiger partial charge is 0.408 e. The number of carboxylic acids is 1. The Morgan fingerprint density at radius 3 is 2.02 bits per heavy atom. The lowest BCUT2D eigenvalue weighted by Gasteiger charge is -2.30. The van der Waals surface area contributed by atoms with E-state index < -0.39 is 43.3 Å². The van der Waals surface area contributed by atoms with Gasteiger partial charge in [0.1, 0.15) is 24.6 Å². The van der Waals surface area contributed by atoms with Gasteiger partial charge in [-0.2, -0.15) is 0 Å². The van der Waals surface area contributed by atoms with Crippen molar-refractivity contribution in [2.24, 2.45) is 0 Å². The standard InChI is InChI=1S/C31H35N2O7P/c34-29(33-20-10-17-27(33)30(35)36)23-41(38,40-22-26-15-8-3-9-16-26)28(19-18-24-11-4-1-5-12-24)32-31(37)39-21-25-13-6-2-7-14-25/h1-9,11-16,27-28H,10,17-23H2,(H,32,37)(H,35,36)/t27-,28?,41?/m0/s1. The molecule has 9 nitrogen and oxygen atoms in total. The summed E-state index contributed by atoms with van der Waals surface area (Å²) in [5, 5.41) is 12.3. The van der Waals surface area contributed by atoms with Gasteiger partial charge in [0.25, 0.3) is 0 Å². The second-order valence-electron chi connectivity index (χ2n) is 9.97. The van der Waals surface area contributed by atoms with Crippen LogP contribution in [0.1, 0.15) is 36.0 Å². The van der Waals surface area contributed by atoms with E-state index in [4.69, 9.17) is 9.26 Å². The van der Waals surface area contributed by atoms with Crippen molar-refractivity contribution in [1.29, 1.82) is 0 Å². The first kappa shape index (κ1) is 30.0. The molecule has 0 aliphatic carbocycles. The molecular formula is C31H35N2O7P. The Bertz CT molecular complexity index is 1340. The number of hydrogen-bond acceptors (Lipinski definition) is 6. The van der Waals surface area contributed by atoms with Gasteiger partial charge in [0, 0.05) is 6.54 Å². The summed E-state index contributed by atoms with van der Waals surface area (Å²) in [6, 6.07) is 26.8. The molecule has 0 bridgehead atoms. The zero-order valence-electron chi connectivity index (χ0n) is 22.8. The monoisotopic (exact) mass is 578 g/mol. The van der Waals surface area contributed by atoms with E-state index in [1.165, 1.54) is 4.90 Å². The van der Waals surface area contributed by atoms with Crippen LogP contribution in [0.4, 0.5) is 4.79 Å². The Morgan fingerprint density at radius 1 is 0.878 bits per heavy atom. The minimum atomic E-state index is -3.94. The van der Waals surface area contributed by atoms with Gasteiger partial charge in [0.15, 0.2) is 0 Å². The predicted octanol–water partition coefficient (Wildman–Crippen LogP) is 5.44. The molecule has 2 unspecified atom stereocenters. The van der Waals surface area contributed by atoms with Gasteiger partial charge in [-0.25, -0.2) is 9.59 Å². The maximum absolute atomic E-state index is 14.7. The molecule has 10 heteroatoms. The van der Waals surface area contributed by atoms with E-state index in [0.717, 1.165) is 16.7 Å². The van der Waals surface area contributed by atoms with E-state index in [1.807, 2.05) is 91.0 Å². The van der Waals surface area contributed by atoms with E-state index >= 15 is 0 Å². The third-order valence-corrected chi connectivity index (χ3v) is 9.64. The molecule has 0 saturated carbocycles. The predicted molar refractivity (Wildman–Crippen MR) is 154 cm³/mol. The molecule has 1 fully saturated rings. The molecule has 4 rings (SSSR count). The highest BCUT2D eigenvalue weighted by molar-refractivity contribution is 7.60. The number of carbonyl (C=O) groups excluding carboxylic acids is 2. The highest BCUT2D eigenvalue weighted by Crippen LogP contribution is 2.53. The van der Waals surface area contributed by atoms with Crippen molar-refractivity contribution < 1.29 is 33.3 Å². The topological polar surface area (TPSA) is 122 Å². The SMILES string of the molecule is O=C(NC(CCc1ccccc1)P(=O)(CC(=O)N1CCC[C@H]1C(=O)O)OCc1ccccc1)OCc1ccccc1. The van der Waals surface area contributed by atoms with Crippen LogP contribution in [0, 0.1) is 0 Å². The Hall–Kier alpha value is -3.94. The Balaban J connectivity index is 1.58. The molecule has 3 aromatic rings. The fourth-order valence-corrected chi connectivity index (χ4v) is 7.06. The van der Waals surface area contributed by atoms with Gasteiger partial charge < -0.3 is 24.6 Å². The summed E-state index contributed by atoms with van der Waals surface area (Å²) in [4.78, 5) is 39.4. The number of alkyl carbamates (subject to hydrolysis) is 1. The molecule has 2 N–H and O–H groups in total. The molecule has 0 spiro atoms. The lowest BCUT2D eigenvalue weighted by molar-refractivity contribution is -0.147. The number of amides is 2. The third kappa shape index (κ3) is 8.77. The van der Waals surface area contributed by atoms with E-state index in [0.29, 0.717) is 19.3 Å². The lowest BCUT2D eigenvalue weighted by atomic mass is 10.1. The molecule has 1 heterocycles.